The third-order valence-electron chi connectivity index (χ3n) is 6.56. The Morgan fingerprint density at radius 3 is 2.46 bits per heavy atom. The summed E-state index contributed by atoms with van der Waals surface area (Å²) >= 11 is 0. The normalized spacial score (nSPS) is 27.9. The molecule has 4 atom stereocenters. The first-order chi connectivity index (χ1) is 12.7. The van der Waals surface area contributed by atoms with Crippen LogP contribution in [0.3, 0.4) is 0 Å². The number of rotatable bonds is 7. The number of anilines is 1. The van der Waals surface area contributed by atoms with Crippen LogP contribution in [-0.2, 0) is 4.74 Å². The van der Waals surface area contributed by atoms with Crippen LogP contribution >= 0.6 is 24.8 Å². The van der Waals surface area contributed by atoms with Gasteiger partial charge in [0.2, 0.25) is 0 Å². The molecule has 0 spiro atoms. The average molecular weight is 435 g/mol. The Morgan fingerprint density at radius 1 is 1.07 bits per heavy atom. The van der Waals surface area contributed by atoms with Crippen LogP contribution in [0.5, 0.6) is 0 Å². The smallest absolute Gasteiger partial charge is 0.146 e. The Kier molecular flexibility index (Phi) is 9.29. The molecule has 2 bridgehead atoms. The van der Waals surface area contributed by atoms with Gasteiger partial charge >= 0.3 is 0 Å². The second-order valence-corrected chi connectivity index (χ2v) is 8.37. The van der Waals surface area contributed by atoms with Crippen molar-refractivity contribution in [1.82, 2.24) is 4.90 Å². The van der Waals surface area contributed by atoms with Gasteiger partial charge < -0.3 is 14.7 Å². The lowest BCUT2D eigenvalue weighted by molar-refractivity contribution is -0.00275. The minimum Gasteiger partial charge on any atom is -0.389 e. The molecule has 1 aromatic rings. The molecule has 3 aliphatic rings. The summed E-state index contributed by atoms with van der Waals surface area (Å²) in [6, 6.07) is 6.95. The molecule has 2 aliphatic carbocycles. The summed E-state index contributed by atoms with van der Waals surface area (Å²) in [5.41, 5.74) is 0.682. The fourth-order valence-electron chi connectivity index (χ4n) is 5.17. The van der Waals surface area contributed by atoms with E-state index in [9.17, 15) is 9.50 Å². The van der Waals surface area contributed by atoms with E-state index in [2.05, 4.69) is 9.80 Å². The molecule has 4 unspecified atom stereocenters. The predicted molar refractivity (Wildman–Crippen MR) is 115 cm³/mol. The van der Waals surface area contributed by atoms with Crippen molar-refractivity contribution >= 4 is 30.5 Å². The molecule has 1 heterocycles. The number of β-amino-alcohol motifs (C(OH)–C–C–N with tert-alkyl or cyclic N) is 1. The molecular formula is C21H33Cl2FN2O2. The molecule has 4 rings (SSSR count). The largest absolute Gasteiger partial charge is 0.389 e. The number of ether oxygens (including phenoxy) is 1. The van der Waals surface area contributed by atoms with Crippen LogP contribution in [-0.4, -0.2) is 62.0 Å². The first-order valence-corrected chi connectivity index (χ1v) is 10.2. The molecule has 1 saturated heterocycles. The Morgan fingerprint density at radius 2 is 1.82 bits per heavy atom. The maximum atomic E-state index is 13.9. The highest BCUT2D eigenvalue weighted by Gasteiger charge is 2.39. The number of aliphatic hydroxyl groups is 1. The minimum absolute atomic E-state index is 0. The van der Waals surface area contributed by atoms with E-state index in [1.54, 1.807) is 6.07 Å². The molecule has 0 radical (unpaired) electrons. The van der Waals surface area contributed by atoms with Crippen molar-refractivity contribution in [3.63, 3.8) is 0 Å². The lowest BCUT2D eigenvalue weighted by atomic mass is 9.90. The van der Waals surface area contributed by atoms with Crippen LogP contribution in [0.2, 0.25) is 0 Å². The van der Waals surface area contributed by atoms with Gasteiger partial charge in [0.15, 0.2) is 0 Å². The van der Waals surface area contributed by atoms with E-state index in [0.29, 0.717) is 18.8 Å². The van der Waals surface area contributed by atoms with Crippen LogP contribution in [0.25, 0.3) is 0 Å². The van der Waals surface area contributed by atoms with Gasteiger partial charge in [-0.1, -0.05) is 18.6 Å². The molecule has 1 aromatic carbocycles. The summed E-state index contributed by atoms with van der Waals surface area (Å²) < 4.78 is 19.7. The van der Waals surface area contributed by atoms with Gasteiger partial charge in [0.1, 0.15) is 5.82 Å². The van der Waals surface area contributed by atoms with E-state index in [4.69, 9.17) is 4.74 Å². The standard InChI is InChI=1S/C21H31FN2O2.2ClH/c22-20-3-1-2-4-21(20)24-9-7-23(8-10-24)13-19(25)15-26-14-18-12-16-5-6-17(18)11-16;;/h1-4,16-19,25H,5-15H2;2*1H. The summed E-state index contributed by atoms with van der Waals surface area (Å²) in [6.07, 6.45) is 5.10. The van der Waals surface area contributed by atoms with Crippen molar-refractivity contribution in [2.75, 3.05) is 50.8 Å². The van der Waals surface area contributed by atoms with Crippen LogP contribution < -0.4 is 4.90 Å². The zero-order valence-corrected chi connectivity index (χ0v) is 18.0. The number of para-hydroxylation sites is 1. The molecule has 160 valence electrons. The zero-order valence-electron chi connectivity index (χ0n) is 16.3. The molecule has 0 aromatic heterocycles. The van der Waals surface area contributed by atoms with E-state index < -0.39 is 6.10 Å². The van der Waals surface area contributed by atoms with Crippen LogP contribution in [0.4, 0.5) is 10.1 Å². The number of hydrogen-bond donors (Lipinski definition) is 1. The number of aliphatic hydroxyl groups excluding tert-OH is 1. The Bertz CT molecular complexity index is 602. The van der Waals surface area contributed by atoms with Crippen LogP contribution in [0, 0.1) is 23.6 Å². The van der Waals surface area contributed by atoms with Gasteiger partial charge in [0.25, 0.3) is 0 Å². The maximum absolute atomic E-state index is 13.9. The molecule has 4 nitrogen and oxygen atoms in total. The number of nitrogens with zero attached hydrogens (tertiary/aromatic N) is 2. The summed E-state index contributed by atoms with van der Waals surface area (Å²) in [4.78, 5) is 4.34. The second kappa shape index (κ2) is 11.0. The molecular weight excluding hydrogens is 402 g/mol. The molecule has 7 heteroatoms. The van der Waals surface area contributed by atoms with Crippen molar-refractivity contribution in [3.8, 4) is 0 Å². The van der Waals surface area contributed by atoms with E-state index in [1.807, 2.05) is 12.1 Å². The Balaban J connectivity index is 0.00000140. The van der Waals surface area contributed by atoms with Gasteiger partial charge in [-0.2, -0.15) is 0 Å². The van der Waals surface area contributed by atoms with Gasteiger partial charge in [-0.15, -0.1) is 24.8 Å². The van der Waals surface area contributed by atoms with E-state index in [0.717, 1.165) is 50.5 Å². The van der Waals surface area contributed by atoms with Crippen LogP contribution in [0.1, 0.15) is 25.7 Å². The quantitative estimate of drug-likeness (QED) is 0.710. The van der Waals surface area contributed by atoms with Crippen LogP contribution in [0.15, 0.2) is 24.3 Å². The number of halogens is 3. The molecule has 1 N–H and O–H groups in total. The molecule has 3 fully saturated rings. The highest BCUT2D eigenvalue weighted by molar-refractivity contribution is 5.85. The summed E-state index contributed by atoms with van der Waals surface area (Å²) in [5, 5.41) is 10.3. The van der Waals surface area contributed by atoms with Crippen molar-refractivity contribution in [3.05, 3.63) is 30.1 Å². The monoisotopic (exact) mass is 434 g/mol. The minimum atomic E-state index is -0.436. The third kappa shape index (κ3) is 5.73. The van der Waals surface area contributed by atoms with E-state index in [-0.39, 0.29) is 30.6 Å². The molecule has 0 amide bonds. The fraction of sp³-hybridized carbons (Fsp3) is 0.714. The highest BCUT2D eigenvalue weighted by atomic mass is 35.5. The molecule has 2 saturated carbocycles. The van der Waals surface area contributed by atoms with Gasteiger partial charge in [-0.3, -0.25) is 4.90 Å². The SMILES string of the molecule is Cl.Cl.OC(COCC1CC2CCC1C2)CN1CCN(c2ccccc2F)CC1. The molecule has 1 aliphatic heterocycles. The topological polar surface area (TPSA) is 35.9 Å². The van der Waals surface area contributed by atoms with Gasteiger partial charge in [0.05, 0.1) is 18.4 Å². The number of piperazine rings is 1. The second-order valence-electron chi connectivity index (χ2n) is 8.37. The van der Waals surface area contributed by atoms with Gasteiger partial charge in [0, 0.05) is 39.3 Å². The number of fused-ring (bicyclic) bond motifs is 2. The summed E-state index contributed by atoms with van der Waals surface area (Å²) in [5.74, 6) is 2.40. The number of benzene rings is 1. The lowest BCUT2D eigenvalue weighted by Crippen LogP contribution is -2.49. The first kappa shape index (κ1) is 23.7. The average Bonchev–Trinajstić information content (AvgIpc) is 3.26. The Labute approximate surface area is 180 Å². The van der Waals surface area contributed by atoms with E-state index >= 15 is 0 Å². The summed E-state index contributed by atoms with van der Waals surface area (Å²) in [6.45, 7) is 5.16. The van der Waals surface area contributed by atoms with Crippen molar-refractivity contribution < 1.29 is 14.2 Å². The predicted octanol–water partition coefficient (Wildman–Crippen LogP) is 3.61. The first-order valence-electron chi connectivity index (χ1n) is 10.2. The van der Waals surface area contributed by atoms with Crippen molar-refractivity contribution in [1.29, 1.82) is 0 Å². The maximum Gasteiger partial charge on any atom is 0.146 e. The van der Waals surface area contributed by atoms with Crippen molar-refractivity contribution in [2.45, 2.75) is 31.8 Å². The van der Waals surface area contributed by atoms with Crippen molar-refractivity contribution in [2.24, 2.45) is 17.8 Å². The molecule has 28 heavy (non-hydrogen) atoms. The number of hydrogen-bond acceptors (Lipinski definition) is 4. The lowest BCUT2D eigenvalue weighted by Gasteiger charge is -2.37. The summed E-state index contributed by atoms with van der Waals surface area (Å²) in [7, 11) is 0. The zero-order chi connectivity index (χ0) is 17.9. The van der Waals surface area contributed by atoms with Gasteiger partial charge in [-0.05, 0) is 49.1 Å². The highest BCUT2D eigenvalue weighted by Crippen LogP contribution is 2.48. The van der Waals surface area contributed by atoms with E-state index in [1.165, 1.54) is 31.7 Å². The Hall–Kier alpha value is -0.590. The third-order valence-corrected chi connectivity index (χ3v) is 6.56. The fourth-order valence-corrected chi connectivity index (χ4v) is 5.17. The van der Waals surface area contributed by atoms with Gasteiger partial charge in [-0.25, -0.2) is 4.39 Å².